The zero-order valence-electron chi connectivity index (χ0n) is 17.5. The minimum Gasteiger partial charge on any atom is -0.465 e. The van der Waals surface area contributed by atoms with E-state index in [9.17, 15) is 14.4 Å². The SMILES string of the molecule is COC(=O)c1ccc(N2CCOC(C(C=O)CNc3ccc(C(C)=N)cc3)C2=O)cc1. The van der Waals surface area contributed by atoms with Crippen LogP contribution in [0.5, 0.6) is 0 Å². The van der Waals surface area contributed by atoms with E-state index in [0.717, 1.165) is 17.5 Å². The Bertz CT molecular complexity index is 956. The molecule has 1 aliphatic heterocycles. The van der Waals surface area contributed by atoms with Gasteiger partial charge in [0.1, 0.15) is 12.4 Å². The number of aldehydes is 1. The van der Waals surface area contributed by atoms with E-state index in [-0.39, 0.29) is 12.5 Å². The molecule has 2 aromatic rings. The first-order chi connectivity index (χ1) is 14.9. The summed E-state index contributed by atoms with van der Waals surface area (Å²) in [4.78, 5) is 37.9. The Morgan fingerprint density at radius 1 is 1.23 bits per heavy atom. The molecule has 0 spiro atoms. The summed E-state index contributed by atoms with van der Waals surface area (Å²) in [5.74, 6) is -1.42. The number of nitrogens with one attached hydrogen (secondary N) is 2. The molecule has 2 N–H and O–H groups in total. The number of carbonyl (C=O) groups excluding carboxylic acids is 3. The molecule has 0 saturated carbocycles. The van der Waals surface area contributed by atoms with Crippen molar-refractivity contribution in [1.29, 1.82) is 5.41 Å². The van der Waals surface area contributed by atoms with Crippen LogP contribution in [0.3, 0.4) is 0 Å². The molecule has 0 aliphatic carbocycles. The van der Waals surface area contributed by atoms with Crippen molar-refractivity contribution in [3.63, 3.8) is 0 Å². The lowest BCUT2D eigenvalue weighted by Gasteiger charge is -2.34. The Morgan fingerprint density at radius 3 is 2.45 bits per heavy atom. The Morgan fingerprint density at radius 2 is 1.87 bits per heavy atom. The summed E-state index contributed by atoms with van der Waals surface area (Å²) in [6.07, 6.45) is -0.169. The van der Waals surface area contributed by atoms with Crippen LogP contribution in [0.2, 0.25) is 0 Å². The van der Waals surface area contributed by atoms with Gasteiger partial charge in [-0.1, -0.05) is 12.1 Å². The van der Waals surface area contributed by atoms with Crippen molar-refractivity contribution in [2.45, 2.75) is 13.0 Å². The number of hydrogen-bond donors (Lipinski definition) is 2. The van der Waals surface area contributed by atoms with Crippen LogP contribution in [0.4, 0.5) is 11.4 Å². The third-order valence-electron chi connectivity index (χ3n) is 5.15. The molecule has 3 rings (SSSR count). The second-order valence-electron chi connectivity index (χ2n) is 7.20. The number of morpholine rings is 1. The van der Waals surface area contributed by atoms with Crippen LogP contribution in [0.15, 0.2) is 48.5 Å². The number of hydrogen-bond acceptors (Lipinski definition) is 7. The molecule has 1 saturated heterocycles. The van der Waals surface area contributed by atoms with Gasteiger partial charge in [-0.25, -0.2) is 4.79 Å². The van der Waals surface area contributed by atoms with Gasteiger partial charge in [-0.15, -0.1) is 0 Å². The van der Waals surface area contributed by atoms with Gasteiger partial charge in [0.05, 0.1) is 25.2 Å². The van der Waals surface area contributed by atoms with E-state index < -0.39 is 18.0 Å². The molecule has 0 aromatic heterocycles. The Kier molecular flexibility index (Phi) is 7.15. The van der Waals surface area contributed by atoms with E-state index in [2.05, 4.69) is 5.32 Å². The van der Waals surface area contributed by atoms with Crippen molar-refractivity contribution in [2.24, 2.45) is 5.92 Å². The average molecular weight is 423 g/mol. The van der Waals surface area contributed by atoms with Crippen LogP contribution < -0.4 is 10.2 Å². The number of carbonyl (C=O) groups is 3. The zero-order chi connectivity index (χ0) is 22.4. The van der Waals surface area contributed by atoms with Crippen molar-refractivity contribution in [3.8, 4) is 0 Å². The maximum Gasteiger partial charge on any atom is 0.337 e. The van der Waals surface area contributed by atoms with Crippen molar-refractivity contribution >= 4 is 35.2 Å². The van der Waals surface area contributed by atoms with Gasteiger partial charge in [-0.05, 0) is 48.9 Å². The highest BCUT2D eigenvalue weighted by atomic mass is 16.5. The van der Waals surface area contributed by atoms with Crippen LogP contribution in [0.25, 0.3) is 0 Å². The monoisotopic (exact) mass is 423 g/mol. The van der Waals surface area contributed by atoms with Gasteiger partial charge < -0.3 is 29.9 Å². The minimum absolute atomic E-state index is 0.234. The zero-order valence-corrected chi connectivity index (χ0v) is 17.5. The lowest BCUT2D eigenvalue weighted by Crippen LogP contribution is -2.52. The first-order valence-corrected chi connectivity index (χ1v) is 9.90. The van der Waals surface area contributed by atoms with E-state index >= 15 is 0 Å². The molecule has 2 aromatic carbocycles. The predicted octanol–water partition coefficient (Wildman–Crippen LogP) is 2.52. The van der Waals surface area contributed by atoms with Crippen molar-refractivity contribution in [1.82, 2.24) is 0 Å². The summed E-state index contributed by atoms with van der Waals surface area (Å²) in [5.41, 5.74) is 3.09. The molecule has 8 heteroatoms. The fraction of sp³-hybridized carbons (Fsp3) is 0.304. The number of esters is 1. The molecule has 1 amide bonds. The van der Waals surface area contributed by atoms with Crippen LogP contribution >= 0.6 is 0 Å². The van der Waals surface area contributed by atoms with E-state index in [4.69, 9.17) is 14.9 Å². The third kappa shape index (κ3) is 5.16. The maximum absolute atomic E-state index is 13.0. The number of ether oxygens (including phenoxy) is 2. The fourth-order valence-electron chi connectivity index (χ4n) is 3.36. The molecular formula is C23H25N3O5. The molecule has 2 atom stereocenters. The number of rotatable bonds is 8. The van der Waals surface area contributed by atoms with Gasteiger partial charge in [0, 0.05) is 30.2 Å². The summed E-state index contributed by atoms with van der Waals surface area (Å²) in [6.45, 7) is 2.60. The minimum atomic E-state index is -0.901. The number of anilines is 2. The Hall–Kier alpha value is -3.52. The first kappa shape index (κ1) is 22.2. The smallest absolute Gasteiger partial charge is 0.337 e. The van der Waals surface area contributed by atoms with Gasteiger partial charge in [0.2, 0.25) is 0 Å². The molecule has 0 radical (unpaired) electrons. The van der Waals surface area contributed by atoms with Gasteiger partial charge in [-0.2, -0.15) is 0 Å². The van der Waals surface area contributed by atoms with Gasteiger partial charge in [-0.3, -0.25) is 4.79 Å². The standard InChI is InChI=1S/C23H25N3O5/c1-15(24)16-3-7-19(8-4-16)25-13-18(14-27)21-22(28)26(11-12-31-21)20-9-5-17(6-10-20)23(29)30-2/h3-10,14,18,21,24-25H,11-13H2,1-2H3. The Balaban J connectivity index is 1.67. The molecular weight excluding hydrogens is 398 g/mol. The topological polar surface area (TPSA) is 109 Å². The van der Waals surface area contributed by atoms with Crippen LogP contribution in [0, 0.1) is 11.3 Å². The molecule has 1 fully saturated rings. The molecule has 8 nitrogen and oxygen atoms in total. The van der Waals surface area contributed by atoms with Gasteiger partial charge in [0.25, 0.3) is 5.91 Å². The number of benzene rings is 2. The van der Waals surface area contributed by atoms with E-state index in [1.165, 1.54) is 7.11 Å². The van der Waals surface area contributed by atoms with E-state index in [0.29, 0.717) is 30.1 Å². The third-order valence-corrected chi connectivity index (χ3v) is 5.15. The van der Waals surface area contributed by atoms with E-state index in [1.807, 2.05) is 24.3 Å². The first-order valence-electron chi connectivity index (χ1n) is 9.90. The highest BCUT2D eigenvalue weighted by Gasteiger charge is 2.36. The molecule has 1 aliphatic rings. The van der Waals surface area contributed by atoms with Gasteiger partial charge in [0.15, 0.2) is 0 Å². The van der Waals surface area contributed by atoms with Crippen LogP contribution in [0.1, 0.15) is 22.8 Å². The summed E-state index contributed by atoms with van der Waals surface area (Å²) >= 11 is 0. The van der Waals surface area contributed by atoms with Crippen molar-refractivity contribution < 1.29 is 23.9 Å². The summed E-state index contributed by atoms with van der Waals surface area (Å²) < 4.78 is 10.3. The molecule has 0 bridgehead atoms. The summed E-state index contributed by atoms with van der Waals surface area (Å²) in [5, 5.41) is 10.8. The number of nitrogens with zero attached hydrogens (tertiary/aromatic N) is 1. The van der Waals surface area contributed by atoms with Crippen LogP contribution in [-0.4, -0.2) is 56.8 Å². The Labute approximate surface area is 180 Å². The second kappa shape index (κ2) is 9.99. The highest BCUT2D eigenvalue weighted by molar-refractivity contribution is 5.99. The number of methoxy groups -OCH3 is 1. The van der Waals surface area contributed by atoms with Crippen molar-refractivity contribution in [2.75, 3.05) is 37.0 Å². The highest BCUT2D eigenvalue weighted by Crippen LogP contribution is 2.23. The predicted molar refractivity (Wildman–Crippen MR) is 117 cm³/mol. The lowest BCUT2D eigenvalue weighted by atomic mass is 10.0. The van der Waals surface area contributed by atoms with Crippen molar-refractivity contribution in [3.05, 3.63) is 59.7 Å². The molecule has 31 heavy (non-hydrogen) atoms. The molecule has 162 valence electrons. The summed E-state index contributed by atoms with van der Waals surface area (Å²) in [7, 11) is 1.31. The average Bonchev–Trinajstić information content (AvgIpc) is 2.80. The normalized spacial score (nSPS) is 17.0. The summed E-state index contributed by atoms with van der Waals surface area (Å²) in [6, 6.07) is 13.8. The molecule has 2 unspecified atom stereocenters. The van der Waals surface area contributed by atoms with Crippen LogP contribution in [-0.2, 0) is 19.1 Å². The fourth-order valence-corrected chi connectivity index (χ4v) is 3.36. The second-order valence-corrected chi connectivity index (χ2v) is 7.20. The largest absolute Gasteiger partial charge is 0.465 e. The number of amides is 1. The van der Waals surface area contributed by atoms with E-state index in [1.54, 1.807) is 36.1 Å². The maximum atomic E-state index is 13.0. The van der Waals surface area contributed by atoms with Gasteiger partial charge >= 0.3 is 5.97 Å². The molecule has 1 heterocycles. The lowest BCUT2D eigenvalue weighted by molar-refractivity contribution is -0.140. The quantitative estimate of drug-likeness (QED) is 0.384.